The van der Waals surface area contributed by atoms with Crippen molar-refractivity contribution in [2.75, 3.05) is 0 Å². The summed E-state index contributed by atoms with van der Waals surface area (Å²) in [5.41, 5.74) is 4.42. The Morgan fingerprint density at radius 2 is 1.40 bits per heavy atom. The maximum Gasteiger partial charge on any atom is 0.494 e. The lowest BCUT2D eigenvalue weighted by Gasteiger charge is -2.32. The zero-order valence-corrected chi connectivity index (χ0v) is 20.1. The lowest BCUT2D eigenvalue weighted by Crippen LogP contribution is -2.41. The third-order valence-corrected chi connectivity index (χ3v) is 7.56. The predicted molar refractivity (Wildman–Crippen MR) is 140 cm³/mol. The number of benzene rings is 4. The van der Waals surface area contributed by atoms with Gasteiger partial charge in [-0.1, -0.05) is 42.5 Å². The average Bonchev–Trinajstić information content (AvgIpc) is 3.50. The van der Waals surface area contributed by atoms with E-state index in [4.69, 9.17) is 23.1 Å². The summed E-state index contributed by atoms with van der Waals surface area (Å²) in [6.07, 6.45) is 0. The molecule has 0 aliphatic carbocycles. The molecule has 1 aliphatic rings. The Hall–Kier alpha value is -3.61. The predicted octanol–water partition coefficient (Wildman–Crippen LogP) is 6.85. The van der Waals surface area contributed by atoms with E-state index in [-0.39, 0.29) is 11.2 Å². The van der Waals surface area contributed by atoms with E-state index in [1.165, 1.54) is 0 Å². The van der Waals surface area contributed by atoms with Crippen LogP contribution in [0, 0.1) is 0 Å². The van der Waals surface area contributed by atoms with E-state index in [0.29, 0.717) is 5.89 Å². The molecule has 0 spiro atoms. The first-order chi connectivity index (χ1) is 16.8. The molecule has 35 heavy (non-hydrogen) atoms. The molecule has 6 aromatic rings. The number of para-hydroxylation sites is 1. The molecular formula is C29H24BNO4. The first-order valence-corrected chi connectivity index (χ1v) is 11.9. The third kappa shape index (κ3) is 3.00. The van der Waals surface area contributed by atoms with Crippen LogP contribution in [0.25, 0.3) is 55.3 Å². The van der Waals surface area contributed by atoms with Crippen molar-refractivity contribution >= 4 is 56.4 Å². The maximum absolute atomic E-state index is 6.41. The molecule has 1 aliphatic heterocycles. The molecule has 2 aromatic heterocycles. The summed E-state index contributed by atoms with van der Waals surface area (Å²) >= 11 is 0. The van der Waals surface area contributed by atoms with Crippen molar-refractivity contribution in [1.29, 1.82) is 0 Å². The van der Waals surface area contributed by atoms with Crippen molar-refractivity contribution in [2.45, 2.75) is 38.9 Å². The van der Waals surface area contributed by atoms with E-state index < -0.39 is 7.12 Å². The zero-order valence-electron chi connectivity index (χ0n) is 20.1. The quantitative estimate of drug-likeness (QED) is 0.264. The topological polar surface area (TPSA) is 57.6 Å². The number of hydrogen-bond acceptors (Lipinski definition) is 5. The van der Waals surface area contributed by atoms with Crippen LogP contribution in [0.5, 0.6) is 0 Å². The minimum Gasteiger partial charge on any atom is -0.456 e. The van der Waals surface area contributed by atoms with Crippen LogP contribution < -0.4 is 5.46 Å². The minimum atomic E-state index is -0.399. The molecule has 6 heteroatoms. The molecule has 0 bridgehead atoms. The Kier molecular flexibility index (Phi) is 4.13. The van der Waals surface area contributed by atoms with Crippen molar-refractivity contribution in [2.24, 2.45) is 0 Å². The van der Waals surface area contributed by atoms with Gasteiger partial charge < -0.3 is 18.1 Å². The van der Waals surface area contributed by atoms with Gasteiger partial charge in [-0.05, 0) is 68.9 Å². The van der Waals surface area contributed by atoms with Crippen LogP contribution in [0.1, 0.15) is 27.7 Å². The number of oxazole rings is 1. The number of rotatable bonds is 2. The summed E-state index contributed by atoms with van der Waals surface area (Å²) in [6, 6.07) is 24.4. The van der Waals surface area contributed by atoms with Crippen LogP contribution in [-0.4, -0.2) is 23.3 Å². The number of nitrogens with zero attached hydrogens (tertiary/aromatic N) is 1. The third-order valence-electron chi connectivity index (χ3n) is 7.56. The summed E-state index contributed by atoms with van der Waals surface area (Å²) in [4.78, 5) is 4.82. The first kappa shape index (κ1) is 20.7. The van der Waals surface area contributed by atoms with Crippen molar-refractivity contribution in [3.05, 3.63) is 72.8 Å². The molecule has 3 heterocycles. The van der Waals surface area contributed by atoms with Gasteiger partial charge in [0.05, 0.1) is 11.2 Å². The van der Waals surface area contributed by atoms with Crippen LogP contribution in [0.4, 0.5) is 0 Å². The Morgan fingerprint density at radius 3 is 2.17 bits per heavy atom. The summed E-state index contributed by atoms with van der Waals surface area (Å²) in [5.74, 6) is 0.581. The fraction of sp³-hybridized carbons (Fsp3) is 0.207. The molecule has 5 nitrogen and oxygen atoms in total. The van der Waals surface area contributed by atoms with Gasteiger partial charge in [0.25, 0.3) is 0 Å². The second-order valence-corrected chi connectivity index (χ2v) is 10.3. The Morgan fingerprint density at radius 1 is 0.686 bits per heavy atom. The Balaban J connectivity index is 1.34. The number of aromatic nitrogens is 1. The molecule has 0 radical (unpaired) electrons. The summed E-state index contributed by atoms with van der Waals surface area (Å²) in [7, 11) is -0.399. The fourth-order valence-corrected chi connectivity index (χ4v) is 4.89. The molecule has 0 N–H and O–H groups in total. The summed E-state index contributed by atoms with van der Waals surface area (Å²) in [6.45, 7) is 8.24. The summed E-state index contributed by atoms with van der Waals surface area (Å²) < 4.78 is 24.9. The standard InChI is InChI=1S/C29H24BNO4/c1-28(2)29(3,4)35-30(34-28)19-13-9-18(10-14-19)27-31-21-15-11-17-12-16-23-25(24(17)26(21)33-27)20-7-5-6-8-22(20)32-23/h5-16H,1-4H3. The zero-order chi connectivity index (χ0) is 23.9. The van der Waals surface area contributed by atoms with Crippen LogP contribution >= 0.6 is 0 Å². The van der Waals surface area contributed by atoms with E-state index in [1.54, 1.807) is 0 Å². The van der Waals surface area contributed by atoms with Crippen LogP contribution in [0.2, 0.25) is 0 Å². The van der Waals surface area contributed by atoms with E-state index in [9.17, 15) is 0 Å². The second kappa shape index (κ2) is 6.97. The van der Waals surface area contributed by atoms with Gasteiger partial charge in [-0.25, -0.2) is 4.98 Å². The second-order valence-electron chi connectivity index (χ2n) is 10.3. The van der Waals surface area contributed by atoms with Gasteiger partial charge in [-0.2, -0.15) is 0 Å². The maximum atomic E-state index is 6.41. The molecule has 1 saturated heterocycles. The SMILES string of the molecule is CC1(C)OB(c2ccc(-c3nc4ccc5ccc6oc7ccccc7c6c5c4o3)cc2)OC1(C)C. The van der Waals surface area contributed by atoms with Crippen LogP contribution in [-0.2, 0) is 9.31 Å². The fourth-order valence-electron chi connectivity index (χ4n) is 4.89. The van der Waals surface area contributed by atoms with Crippen molar-refractivity contribution in [3.8, 4) is 11.5 Å². The molecule has 0 amide bonds. The molecule has 4 aromatic carbocycles. The molecule has 0 unspecified atom stereocenters. The van der Waals surface area contributed by atoms with Gasteiger partial charge >= 0.3 is 7.12 Å². The molecule has 1 fully saturated rings. The number of hydrogen-bond donors (Lipinski definition) is 0. The van der Waals surface area contributed by atoms with Gasteiger partial charge in [0, 0.05) is 21.7 Å². The Bertz CT molecular complexity index is 1740. The molecule has 7 rings (SSSR count). The van der Waals surface area contributed by atoms with Crippen LogP contribution in [0.15, 0.2) is 81.6 Å². The Labute approximate surface area is 202 Å². The van der Waals surface area contributed by atoms with E-state index in [0.717, 1.165) is 54.8 Å². The lowest BCUT2D eigenvalue weighted by molar-refractivity contribution is 0.00578. The first-order valence-electron chi connectivity index (χ1n) is 11.9. The normalized spacial score (nSPS) is 17.3. The van der Waals surface area contributed by atoms with E-state index in [1.807, 2.05) is 54.6 Å². The average molecular weight is 461 g/mol. The van der Waals surface area contributed by atoms with E-state index >= 15 is 0 Å². The van der Waals surface area contributed by atoms with Gasteiger partial charge in [0.15, 0.2) is 5.58 Å². The highest BCUT2D eigenvalue weighted by Crippen LogP contribution is 2.40. The monoisotopic (exact) mass is 461 g/mol. The lowest BCUT2D eigenvalue weighted by atomic mass is 9.79. The number of furan rings is 1. The van der Waals surface area contributed by atoms with Crippen molar-refractivity contribution < 1.29 is 18.1 Å². The van der Waals surface area contributed by atoms with Crippen molar-refractivity contribution in [3.63, 3.8) is 0 Å². The van der Waals surface area contributed by atoms with Gasteiger partial charge in [-0.15, -0.1) is 0 Å². The molecule has 172 valence electrons. The molecular weight excluding hydrogens is 437 g/mol. The summed E-state index contributed by atoms with van der Waals surface area (Å²) in [5, 5.41) is 4.25. The van der Waals surface area contributed by atoms with Crippen LogP contribution in [0.3, 0.4) is 0 Å². The van der Waals surface area contributed by atoms with E-state index in [2.05, 4.69) is 45.9 Å². The highest BCUT2D eigenvalue weighted by molar-refractivity contribution is 6.62. The van der Waals surface area contributed by atoms with Gasteiger partial charge in [-0.3, -0.25) is 0 Å². The highest BCUT2D eigenvalue weighted by atomic mass is 16.7. The minimum absolute atomic E-state index is 0.375. The number of fused-ring (bicyclic) bond motifs is 7. The van der Waals surface area contributed by atoms with Gasteiger partial charge in [0.2, 0.25) is 5.89 Å². The smallest absolute Gasteiger partial charge is 0.456 e. The van der Waals surface area contributed by atoms with Gasteiger partial charge in [0.1, 0.15) is 16.7 Å². The molecule has 0 saturated carbocycles. The highest BCUT2D eigenvalue weighted by Gasteiger charge is 2.51. The molecule has 0 atom stereocenters. The largest absolute Gasteiger partial charge is 0.494 e. The van der Waals surface area contributed by atoms with Crippen molar-refractivity contribution in [1.82, 2.24) is 4.98 Å².